The Morgan fingerprint density at radius 3 is 2.72 bits per heavy atom. The Bertz CT molecular complexity index is 1220. The second-order valence-electron chi connectivity index (χ2n) is 6.64. The lowest BCUT2D eigenvalue weighted by molar-refractivity contribution is -0.137. The van der Waals surface area contributed by atoms with Gasteiger partial charge in [-0.05, 0) is 36.4 Å². The zero-order chi connectivity index (χ0) is 20.8. The highest BCUT2D eigenvalue weighted by Crippen LogP contribution is 2.32. The molecule has 0 saturated carbocycles. The number of rotatable bonds is 4. The number of carbonyl (C=O) groups is 1. The molecule has 9 heteroatoms. The van der Waals surface area contributed by atoms with Crippen LogP contribution in [0.2, 0.25) is 0 Å². The number of halogens is 4. The molecule has 0 aliphatic rings. The van der Waals surface area contributed by atoms with Crippen LogP contribution in [0.1, 0.15) is 21.7 Å². The van der Waals surface area contributed by atoms with Crippen molar-refractivity contribution in [2.24, 2.45) is 7.05 Å². The number of benzene rings is 2. The maximum absolute atomic E-state index is 13.2. The zero-order valence-corrected chi connectivity index (χ0v) is 15.2. The molecule has 0 aliphatic carbocycles. The van der Waals surface area contributed by atoms with E-state index < -0.39 is 23.5 Å². The molecule has 2 aromatic carbocycles. The van der Waals surface area contributed by atoms with Crippen LogP contribution in [0, 0.1) is 5.82 Å². The second-order valence-corrected chi connectivity index (χ2v) is 6.64. The first-order valence-electron chi connectivity index (χ1n) is 8.73. The molecule has 4 rings (SSSR count). The van der Waals surface area contributed by atoms with Crippen LogP contribution in [0.25, 0.3) is 21.9 Å². The summed E-state index contributed by atoms with van der Waals surface area (Å²) in [6, 6.07) is 8.86. The first-order chi connectivity index (χ1) is 13.7. The van der Waals surface area contributed by atoms with Crippen molar-refractivity contribution in [1.82, 2.24) is 15.0 Å². The van der Waals surface area contributed by atoms with Crippen LogP contribution >= 0.6 is 0 Å². The van der Waals surface area contributed by atoms with Crippen molar-refractivity contribution >= 4 is 27.8 Å². The molecule has 2 aromatic heterocycles. The number of alkyl halides is 3. The summed E-state index contributed by atoms with van der Waals surface area (Å²) in [4.78, 5) is 12.5. The summed E-state index contributed by atoms with van der Waals surface area (Å²) in [5.74, 6) is -0.853. The molecule has 0 saturated heterocycles. The summed E-state index contributed by atoms with van der Waals surface area (Å²) in [6.07, 6.45) is -4.09. The molecular formula is C20H15F4N3O2. The Hall–Kier alpha value is -3.36. The lowest BCUT2D eigenvalue weighted by Gasteiger charge is -2.07. The molecule has 0 unspecified atom stereocenters. The summed E-state index contributed by atoms with van der Waals surface area (Å²) < 4.78 is 58.5. The summed E-state index contributed by atoms with van der Waals surface area (Å²) in [5, 5.41) is 7.60. The fourth-order valence-corrected chi connectivity index (χ4v) is 3.27. The Labute approximate surface area is 161 Å². The average Bonchev–Trinajstić information content (AvgIpc) is 3.21. The van der Waals surface area contributed by atoms with E-state index in [1.165, 1.54) is 24.3 Å². The van der Waals surface area contributed by atoms with Gasteiger partial charge in [0.15, 0.2) is 5.58 Å². The van der Waals surface area contributed by atoms with E-state index in [-0.39, 0.29) is 12.2 Å². The zero-order valence-electron chi connectivity index (χ0n) is 15.2. The Morgan fingerprint density at radius 1 is 1.17 bits per heavy atom. The van der Waals surface area contributed by atoms with Crippen LogP contribution in [0.5, 0.6) is 0 Å². The third-order valence-electron chi connectivity index (χ3n) is 4.76. The van der Waals surface area contributed by atoms with Crippen molar-refractivity contribution in [3.8, 4) is 0 Å². The van der Waals surface area contributed by atoms with Gasteiger partial charge in [0.05, 0.1) is 11.3 Å². The molecule has 2 heterocycles. The van der Waals surface area contributed by atoms with Crippen LogP contribution in [-0.4, -0.2) is 22.2 Å². The van der Waals surface area contributed by atoms with Gasteiger partial charge < -0.3 is 14.4 Å². The Balaban J connectivity index is 1.49. The van der Waals surface area contributed by atoms with E-state index in [2.05, 4.69) is 10.5 Å². The quantitative estimate of drug-likeness (QED) is 0.511. The van der Waals surface area contributed by atoms with Crippen molar-refractivity contribution in [3.63, 3.8) is 0 Å². The molecule has 5 nitrogen and oxygen atoms in total. The highest BCUT2D eigenvalue weighted by molar-refractivity contribution is 5.98. The fraction of sp³-hybridized carbons (Fsp3) is 0.200. The SMILES string of the molecule is Cn1c(C(=O)NCCc2noc3cc(F)ccc23)cc2cc(C(F)(F)F)ccc21. The Kier molecular flexibility index (Phi) is 4.52. The first-order valence-corrected chi connectivity index (χ1v) is 8.73. The topological polar surface area (TPSA) is 60.1 Å². The molecule has 0 aliphatic heterocycles. The number of amides is 1. The first kappa shape index (κ1) is 19.0. The molecule has 150 valence electrons. The predicted molar refractivity (Wildman–Crippen MR) is 97.9 cm³/mol. The van der Waals surface area contributed by atoms with Gasteiger partial charge in [-0.2, -0.15) is 13.2 Å². The highest BCUT2D eigenvalue weighted by atomic mass is 19.4. The molecule has 29 heavy (non-hydrogen) atoms. The van der Waals surface area contributed by atoms with Crippen LogP contribution in [-0.2, 0) is 19.6 Å². The number of nitrogens with zero attached hydrogens (tertiary/aromatic N) is 2. The van der Waals surface area contributed by atoms with Crippen molar-refractivity contribution in [2.75, 3.05) is 6.54 Å². The summed E-state index contributed by atoms with van der Waals surface area (Å²) in [7, 11) is 1.62. The number of fused-ring (bicyclic) bond motifs is 2. The number of nitrogens with one attached hydrogen (secondary N) is 1. The molecular weight excluding hydrogens is 390 g/mol. The van der Waals surface area contributed by atoms with Gasteiger partial charge in [-0.3, -0.25) is 4.79 Å². The van der Waals surface area contributed by atoms with Crippen LogP contribution in [0.3, 0.4) is 0 Å². The minimum absolute atomic E-state index is 0.229. The molecule has 1 amide bonds. The molecule has 0 radical (unpaired) electrons. The van der Waals surface area contributed by atoms with E-state index in [1.807, 2.05) is 0 Å². The van der Waals surface area contributed by atoms with Gasteiger partial charge >= 0.3 is 6.18 Å². The second kappa shape index (κ2) is 6.91. The number of hydrogen-bond donors (Lipinski definition) is 1. The van der Waals surface area contributed by atoms with E-state index >= 15 is 0 Å². The van der Waals surface area contributed by atoms with Gasteiger partial charge in [0.2, 0.25) is 0 Å². The van der Waals surface area contributed by atoms with E-state index in [0.717, 1.165) is 12.1 Å². The minimum Gasteiger partial charge on any atom is -0.356 e. The average molecular weight is 405 g/mol. The van der Waals surface area contributed by atoms with Gasteiger partial charge in [0, 0.05) is 42.4 Å². The van der Waals surface area contributed by atoms with E-state index in [4.69, 9.17) is 4.52 Å². The predicted octanol–water partition coefficient (Wildman–Crippen LogP) is 4.45. The number of carbonyl (C=O) groups excluding carboxylic acids is 1. The number of aryl methyl sites for hydroxylation is 1. The number of hydrogen-bond acceptors (Lipinski definition) is 3. The minimum atomic E-state index is -4.45. The summed E-state index contributed by atoms with van der Waals surface area (Å²) >= 11 is 0. The molecule has 0 fully saturated rings. The third-order valence-corrected chi connectivity index (χ3v) is 4.76. The van der Waals surface area contributed by atoms with Gasteiger partial charge in [-0.15, -0.1) is 0 Å². The fourth-order valence-electron chi connectivity index (χ4n) is 3.27. The normalized spacial score (nSPS) is 12.0. The van der Waals surface area contributed by atoms with Crippen molar-refractivity contribution in [1.29, 1.82) is 0 Å². The van der Waals surface area contributed by atoms with Crippen molar-refractivity contribution in [3.05, 3.63) is 65.2 Å². The standard InChI is InChI=1S/C20H15F4N3O2/c1-27-16-5-2-12(20(22,23)24)8-11(16)9-17(27)19(28)25-7-6-15-14-4-3-13(21)10-18(14)29-26-15/h2-5,8-10H,6-7H2,1H3,(H,25,28). The molecule has 0 spiro atoms. The maximum atomic E-state index is 13.2. The van der Waals surface area contributed by atoms with Crippen molar-refractivity contribution in [2.45, 2.75) is 12.6 Å². The van der Waals surface area contributed by atoms with Gasteiger partial charge in [-0.1, -0.05) is 5.16 Å². The van der Waals surface area contributed by atoms with Crippen LogP contribution in [0.4, 0.5) is 17.6 Å². The van der Waals surface area contributed by atoms with E-state index in [9.17, 15) is 22.4 Å². The smallest absolute Gasteiger partial charge is 0.356 e. The molecule has 0 atom stereocenters. The van der Waals surface area contributed by atoms with E-state index in [1.54, 1.807) is 17.7 Å². The van der Waals surface area contributed by atoms with Gasteiger partial charge in [-0.25, -0.2) is 4.39 Å². The van der Waals surface area contributed by atoms with Crippen LogP contribution in [0.15, 0.2) is 47.0 Å². The molecule has 4 aromatic rings. The van der Waals surface area contributed by atoms with Crippen LogP contribution < -0.4 is 5.32 Å². The maximum Gasteiger partial charge on any atom is 0.416 e. The van der Waals surface area contributed by atoms with Gasteiger partial charge in [0.1, 0.15) is 11.5 Å². The summed E-state index contributed by atoms with van der Waals surface area (Å²) in [5.41, 5.74) is 0.892. The highest BCUT2D eigenvalue weighted by Gasteiger charge is 2.30. The molecule has 1 N–H and O–H groups in total. The monoisotopic (exact) mass is 405 g/mol. The Morgan fingerprint density at radius 2 is 1.97 bits per heavy atom. The molecule has 0 bridgehead atoms. The lowest BCUT2D eigenvalue weighted by atomic mass is 10.1. The third kappa shape index (κ3) is 3.55. The largest absolute Gasteiger partial charge is 0.416 e. The lowest BCUT2D eigenvalue weighted by Crippen LogP contribution is -2.27. The van der Waals surface area contributed by atoms with Crippen molar-refractivity contribution < 1.29 is 26.9 Å². The summed E-state index contributed by atoms with van der Waals surface area (Å²) in [6.45, 7) is 0.229. The van der Waals surface area contributed by atoms with Gasteiger partial charge in [0.25, 0.3) is 5.91 Å². The van der Waals surface area contributed by atoms with E-state index in [0.29, 0.717) is 34.0 Å². The number of aromatic nitrogens is 2.